The molecule has 0 unspecified atom stereocenters. The number of carbonyl (C=O) groups excluding carboxylic acids is 1. The molecule has 2 N–H and O–H groups in total. The molecule has 0 radical (unpaired) electrons. The molecule has 3 rings (SSSR count). The van der Waals surface area contributed by atoms with Crippen LogP contribution in [0.5, 0.6) is 0 Å². The molecule has 2 aromatic heterocycles. The number of nitrogens with zero attached hydrogens (tertiary/aromatic N) is 3. The van der Waals surface area contributed by atoms with Crippen molar-refractivity contribution in [3.05, 3.63) is 70.5 Å². The largest absolute Gasteiger partial charge is 0.309 e. The Labute approximate surface area is 136 Å². The monoisotopic (exact) mass is 323 g/mol. The van der Waals surface area contributed by atoms with Gasteiger partial charge in [-0.15, -0.1) is 0 Å². The Kier molecular flexibility index (Phi) is 4.28. The van der Waals surface area contributed by atoms with Gasteiger partial charge in [0.1, 0.15) is 0 Å². The van der Waals surface area contributed by atoms with Crippen LogP contribution in [-0.4, -0.2) is 26.0 Å². The Balaban J connectivity index is 1.66. The van der Waals surface area contributed by atoms with E-state index in [1.165, 1.54) is 12.1 Å². The van der Waals surface area contributed by atoms with Crippen LogP contribution in [0.4, 0.5) is 11.5 Å². The molecule has 0 spiro atoms. The number of aromatic nitrogens is 3. The minimum atomic E-state index is -0.490. The van der Waals surface area contributed by atoms with Crippen LogP contribution in [-0.2, 0) is 11.2 Å². The van der Waals surface area contributed by atoms with Crippen LogP contribution in [0, 0.1) is 10.1 Å². The van der Waals surface area contributed by atoms with Crippen molar-refractivity contribution in [2.45, 2.75) is 6.42 Å². The van der Waals surface area contributed by atoms with Gasteiger partial charge in [0, 0.05) is 36.2 Å². The number of amides is 1. The maximum Gasteiger partial charge on any atom is 0.269 e. The lowest BCUT2D eigenvalue weighted by molar-refractivity contribution is -0.384. The number of benzene rings is 1. The Morgan fingerprint density at radius 1 is 1.21 bits per heavy atom. The molecule has 8 heteroatoms. The van der Waals surface area contributed by atoms with Crippen molar-refractivity contribution in [2.24, 2.45) is 0 Å². The van der Waals surface area contributed by atoms with Crippen molar-refractivity contribution >= 4 is 17.4 Å². The second-order valence-electron chi connectivity index (χ2n) is 5.05. The summed E-state index contributed by atoms with van der Waals surface area (Å²) in [5.74, 6) is 0.0838. The number of non-ortho nitro benzene ring substituents is 1. The molecule has 0 aliphatic rings. The summed E-state index contributed by atoms with van der Waals surface area (Å²) in [6.45, 7) is 0. The standard InChI is InChI=1S/C16H13N5O3/c22-16(9-11-2-1-3-13(8-11)21(23)24)18-15-10-14(19-20-15)12-4-6-17-7-5-12/h1-8,10H,9H2,(H2,18,19,20,22). The van der Waals surface area contributed by atoms with Gasteiger partial charge in [-0.05, 0) is 17.7 Å². The number of carbonyl (C=O) groups is 1. The van der Waals surface area contributed by atoms with E-state index in [2.05, 4.69) is 20.5 Å². The number of pyridine rings is 1. The Morgan fingerprint density at radius 3 is 2.75 bits per heavy atom. The average molecular weight is 323 g/mol. The Hall–Kier alpha value is -3.55. The van der Waals surface area contributed by atoms with Crippen molar-refractivity contribution in [3.63, 3.8) is 0 Å². The van der Waals surface area contributed by atoms with Gasteiger partial charge in [0.25, 0.3) is 5.69 Å². The number of aromatic amines is 1. The van der Waals surface area contributed by atoms with Gasteiger partial charge in [-0.25, -0.2) is 0 Å². The van der Waals surface area contributed by atoms with Gasteiger partial charge < -0.3 is 5.32 Å². The molecule has 2 heterocycles. The first-order chi connectivity index (χ1) is 11.6. The molecule has 3 aromatic rings. The molecule has 0 atom stereocenters. The lowest BCUT2D eigenvalue weighted by Crippen LogP contribution is -2.14. The number of nitrogens with one attached hydrogen (secondary N) is 2. The van der Waals surface area contributed by atoms with Crippen LogP contribution >= 0.6 is 0 Å². The maximum absolute atomic E-state index is 12.1. The van der Waals surface area contributed by atoms with Crippen molar-refractivity contribution in [2.75, 3.05) is 5.32 Å². The van der Waals surface area contributed by atoms with Crippen LogP contribution < -0.4 is 5.32 Å². The first-order valence-corrected chi connectivity index (χ1v) is 7.11. The van der Waals surface area contributed by atoms with Crippen LogP contribution in [0.3, 0.4) is 0 Å². The molecular formula is C16H13N5O3. The number of hydrogen-bond acceptors (Lipinski definition) is 5. The van der Waals surface area contributed by atoms with Crippen molar-refractivity contribution in [1.29, 1.82) is 0 Å². The fourth-order valence-corrected chi connectivity index (χ4v) is 2.22. The lowest BCUT2D eigenvalue weighted by Gasteiger charge is -2.02. The molecule has 24 heavy (non-hydrogen) atoms. The molecule has 0 fully saturated rings. The second kappa shape index (κ2) is 6.69. The van der Waals surface area contributed by atoms with E-state index in [9.17, 15) is 14.9 Å². The zero-order valence-corrected chi connectivity index (χ0v) is 12.5. The molecule has 120 valence electrons. The van der Waals surface area contributed by atoms with Gasteiger partial charge in [0.15, 0.2) is 5.82 Å². The summed E-state index contributed by atoms with van der Waals surface area (Å²) in [6, 6.07) is 11.3. The number of rotatable bonds is 5. The minimum absolute atomic E-state index is 0.0269. The highest BCUT2D eigenvalue weighted by molar-refractivity contribution is 5.92. The van der Waals surface area contributed by atoms with Gasteiger partial charge >= 0.3 is 0 Å². The zero-order chi connectivity index (χ0) is 16.9. The lowest BCUT2D eigenvalue weighted by atomic mass is 10.1. The van der Waals surface area contributed by atoms with Gasteiger partial charge in [-0.3, -0.25) is 25.0 Å². The van der Waals surface area contributed by atoms with Crippen LogP contribution in [0.15, 0.2) is 54.9 Å². The zero-order valence-electron chi connectivity index (χ0n) is 12.5. The molecule has 1 aromatic carbocycles. The Morgan fingerprint density at radius 2 is 2.00 bits per heavy atom. The first-order valence-electron chi connectivity index (χ1n) is 7.11. The summed E-state index contributed by atoms with van der Waals surface area (Å²) in [5.41, 5.74) is 2.17. The van der Waals surface area contributed by atoms with Crippen LogP contribution in [0.25, 0.3) is 11.3 Å². The third-order valence-corrected chi connectivity index (χ3v) is 3.32. The molecular weight excluding hydrogens is 310 g/mol. The predicted molar refractivity (Wildman–Crippen MR) is 87.2 cm³/mol. The van der Waals surface area contributed by atoms with E-state index in [-0.39, 0.29) is 18.0 Å². The van der Waals surface area contributed by atoms with Gasteiger partial charge in [0.2, 0.25) is 5.91 Å². The summed E-state index contributed by atoms with van der Waals surface area (Å²) in [6.07, 6.45) is 3.35. The fourth-order valence-electron chi connectivity index (χ4n) is 2.22. The highest BCUT2D eigenvalue weighted by Gasteiger charge is 2.11. The van der Waals surface area contributed by atoms with Crippen molar-refractivity contribution in [3.8, 4) is 11.3 Å². The van der Waals surface area contributed by atoms with E-state index in [1.807, 2.05) is 12.1 Å². The summed E-state index contributed by atoms with van der Waals surface area (Å²) >= 11 is 0. The summed E-state index contributed by atoms with van der Waals surface area (Å²) < 4.78 is 0. The molecule has 0 saturated carbocycles. The van der Waals surface area contributed by atoms with Crippen LogP contribution in [0.2, 0.25) is 0 Å². The number of hydrogen-bond donors (Lipinski definition) is 2. The van der Waals surface area contributed by atoms with E-state index >= 15 is 0 Å². The summed E-state index contributed by atoms with van der Waals surface area (Å²) in [7, 11) is 0. The first kappa shape index (κ1) is 15.3. The van der Waals surface area contributed by atoms with Crippen molar-refractivity contribution < 1.29 is 9.72 Å². The van der Waals surface area contributed by atoms with Gasteiger partial charge in [-0.1, -0.05) is 12.1 Å². The molecule has 0 saturated heterocycles. The van der Waals surface area contributed by atoms with Crippen LogP contribution in [0.1, 0.15) is 5.56 Å². The van der Waals surface area contributed by atoms with E-state index in [0.29, 0.717) is 11.4 Å². The predicted octanol–water partition coefficient (Wildman–Crippen LogP) is 2.56. The topological polar surface area (TPSA) is 114 Å². The number of nitro benzene ring substituents is 1. The number of H-pyrrole nitrogens is 1. The SMILES string of the molecule is O=C(Cc1cccc([N+](=O)[O-])c1)Nc1cc(-c2ccncc2)[nH]n1. The highest BCUT2D eigenvalue weighted by Crippen LogP contribution is 2.19. The quantitative estimate of drug-likeness (QED) is 0.553. The molecule has 1 amide bonds. The van der Waals surface area contributed by atoms with E-state index in [0.717, 1.165) is 11.3 Å². The summed E-state index contributed by atoms with van der Waals surface area (Å²) in [5, 5.41) is 20.3. The second-order valence-corrected chi connectivity index (χ2v) is 5.05. The fraction of sp³-hybridized carbons (Fsp3) is 0.0625. The normalized spacial score (nSPS) is 10.3. The molecule has 0 aliphatic heterocycles. The summed E-state index contributed by atoms with van der Waals surface area (Å²) in [4.78, 5) is 26.3. The van der Waals surface area contributed by atoms with E-state index in [1.54, 1.807) is 30.6 Å². The van der Waals surface area contributed by atoms with Gasteiger partial charge in [0.05, 0.1) is 17.0 Å². The third kappa shape index (κ3) is 3.61. The average Bonchev–Trinajstić information content (AvgIpc) is 3.04. The smallest absolute Gasteiger partial charge is 0.269 e. The van der Waals surface area contributed by atoms with Crippen molar-refractivity contribution in [1.82, 2.24) is 15.2 Å². The number of nitro groups is 1. The maximum atomic E-state index is 12.1. The van der Waals surface area contributed by atoms with Gasteiger partial charge in [-0.2, -0.15) is 5.10 Å². The Bertz CT molecular complexity index is 876. The van der Waals surface area contributed by atoms with E-state index < -0.39 is 4.92 Å². The van der Waals surface area contributed by atoms with E-state index in [4.69, 9.17) is 0 Å². The molecule has 0 aliphatic carbocycles. The molecule has 8 nitrogen and oxygen atoms in total. The number of anilines is 1. The minimum Gasteiger partial charge on any atom is -0.309 e. The highest BCUT2D eigenvalue weighted by atomic mass is 16.6. The molecule has 0 bridgehead atoms. The third-order valence-electron chi connectivity index (χ3n) is 3.32.